The summed E-state index contributed by atoms with van der Waals surface area (Å²) < 4.78 is 0. The van der Waals surface area contributed by atoms with Crippen molar-refractivity contribution in [2.45, 2.75) is 18.6 Å². The van der Waals surface area contributed by atoms with Crippen LogP contribution in [0.25, 0.3) is 0 Å². The van der Waals surface area contributed by atoms with Gasteiger partial charge in [-0.1, -0.05) is 22.9 Å². The Labute approximate surface area is 82.0 Å². The standard InChI is InChI=1S/C8H16BrNS/c1-2-8-7-10(4-3-9)5-6-11-8/h8H,2-7H2,1H3. The van der Waals surface area contributed by atoms with Crippen LogP contribution in [0.2, 0.25) is 0 Å². The maximum Gasteiger partial charge on any atom is 0.0172 e. The van der Waals surface area contributed by atoms with E-state index in [1.165, 1.54) is 31.8 Å². The highest BCUT2D eigenvalue weighted by Gasteiger charge is 2.17. The summed E-state index contributed by atoms with van der Waals surface area (Å²) in [5.41, 5.74) is 0. The van der Waals surface area contributed by atoms with E-state index in [4.69, 9.17) is 0 Å². The third-order valence-corrected chi connectivity index (χ3v) is 3.81. The first-order valence-electron chi connectivity index (χ1n) is 4.26. The normalized spacial score (nSPS) is 27.3. The molecule has 0 aromatic rings. The van der Waals surface area contributed by atoms with Gasteiger partial charge in [0.2, 0.25) is 0 Å². The van der Waals surface area contributed by atoms with Crippen molar-refractivity contribution in [1.29, 1.82) is 0 Å². The molecular formula is C8H16BrNS. The molecule has 1 fully saturated rings. The fourth-order valence-electron chi connectivity index (χ4n) is 1.35. The Hall–Kier alpha value is 0.790. The van der Waals surface area contributed by atoms with Crippen LogP contribution >= 0.6 is 27.7 Å². The SMILES string of the molecule is CCC1CN(CCBr)CCS1. The zero-order valence-corrected chi connectivity index (χ0v) is 9.46. The van der Waals surface area contributed by atoms with Crippen LogP contribution in [0.4, 0.5) is 0 Å². The molecule has 0 amide bonds. The van der Waals surface area contributed by atoms with Gasteiger partial charge in [0.25, 0.3) is 0 Å². The molecule has 0 spiro atoms. The van der Waals surface area contributed by atoms with E-state index in [0.717, 1.165) is 10.6 Å². The van der Waals surface area contributed by atoms with Gasteiger partial charge in [0.1, 0.15) is 0 Å². The highest BCUT2D eigenvalue weighted by Crippen LogP contribution is 2.20. The smallest absolute Gasteiger partial charge is 0.0172 e. The van der Waals surface area contributed by atoms with E-state index in [1.807, 2.05) is 0 Å². The zero-order valence-electron chi connectivity index (χ0n) is 7.05. The number of halogens is 1. The third kappa shape index (κ3) is 3.34. The molecule has 1 nitrogen and oxygen atoms in total. The van der Waals surface area contributed by atoms with Crippen LogP contribution in [-0.4, -0.2) is 40.9 Å². The largest absolute Gasteiger partial charge is 0.301 e. The lowest BCUT2D eigenvalue weighted by Crippen LogP contribution is -2.38. The third-order valence-electron chi connectivity index (χ3n) is 2.08. The molecule has 1 aliphatic rings. The molecule has 0 bridgehead atoms. The fourth-order valence-corrected chi connectivity index (χ4v) is 3.10. The van der Waals surface area contributed by atoms with E-state index in [1.54, 1.807) is 0 Å². The first kappa shape index (κ1) is 9.87. The number of hydrogen-bond acceptors (Lipinski definition) is 2. The van der Waals surface area contributed by atoms with E-state index in [-0.39, 0.29) is 0 Å². The second-order valence-corrected chi connectivity index (χ2v) is 5.09. The molecule has 0 aromatic heterocycles. The molecule has 1 unspecified atom stereocenters. The molecule has 11 heavy (non-hydrogen) atoms. The minimum Gasteiger partial charge on any atom is -0.301 e. The molecule has 3 heteroatoms. The maximum atomic E-state index is 3.48. The van der Waals surface area contributed by atoms with Gasteiger partial charge in [-0.2, -0.15) is 11.8 Å². The Bertz CT molecular complexity index is 108. The lowest BCUT2D eigenvalue weighted by atomic mass is 10.3. The number of nitrogens with zero attached hydrogens (tertiary/aromatic N) is 1. The summed E-state index contributed by atoms with van der Waals surface area (Å²) in [4.78, 5) is 2.55. The fraction of sp³-hybridized carbons (Fsp3) is 1.00. The number of alkyl halides is 1. The van der Waals surface area contributed by atoms with Crippen molar-refractivity contribution in [3.05, 3.63) is 0 Å². The van der Waals surface area contributed by atoms with Gasteiger partial charge in [0.05, 0.1) is 0 Å². The van der Waals surface area contributed by atoms with Crippen molar-refractivity contribution < 1.29 is 0 Å². The molecule has 1 rings (SSSR count). The molecular weight excluding hydrogens is 222 g/mol. The van der Waals surface area contributed by atoms with Crippen LogP contribution < -0.4 is 0 Å². The molecule has 1 aliphatic heterocycles. The topological polar surface area (TPSA) is 3.24 Å². The van der Waals surface area contributed by atoms with Crippen molar-refractivity contribution in [2.75, 3.05) is 30.7 Å². The Balaban J connectivity index is 2.21. The van der Waals surface area contributed by atoms with Crippen molar-refractivity contribution in [2.24, 2.45) is 0 Å². The van der Waals surface area contributed by atoms with Crippen molar-refractivity contribution in [3.63, 3.8) is 0 Å². The van der Waals surface area contributed by atoms with Crippen LogP contribution in [0.3, 0.4) is 0 Å². The summed E-state index contributed by atoms with van der Waals surface area (Å²) in [7, 11) is 0. The summed E-state index contributed by atoms with van der Waals surface area (Å²) in [6.45, 7) is 6.09. The molecule has 0 aromatic carbocycles. The van der Waals surface area contributed by atoms with Gasteiger partial charge in [0.15, 0.2) is 0 Å². The van der Waals surface area contributed by atoms with E-state index >= 15 is 0 Å². The predicted octanol–water partition coefficient (Wildman–Crippen LogP) is 2.21. The maximum absolute atomic E-state index is 3.48. The molecule has 0 aliphatic carbocycles. The van der Waals surface area contributed by atoms with Crippen LogP contribution in [0.5, 0.6) is 0 Å². The molecule has 1 heterocycles. The van der Waals surface area contributed by atoms with Crippen molar-refractivity contribution in [3.8, 4) is 0 Å². The van der Waals surface area contributed by atoms with Crippen LogP contribution in [0, 0.1) is 0 Å². The van der Waals surface area contributed by atoms with E-state index in [9.17, 15) is 0 Å². The lowest BCUT2D eigenvalue weighted by molar-refractivity contribution is 0.299. The summed E-state index contributed by atoms with van der Waals surface area (Å²) in [5, 5.41) is 2.01. The van der Waals surface area contributed by atoms with Crippen LogP contribution in [0.1, 0.15) is 13.3 Å². The molecule has 66 valence electrons. The summed E-state index contributed by atoms with van der Waals surface area (Å²) >= 11 is 5.61. The van der Waals surface area contributed by atoms with Crippen LogP contribution in [0.15, 0.2) is 0 Å². The van der Waals surface area contributed by atoms with Gasteiger partial charge in [-0.3, -0.25) is 0 Å². The van der Waals surface area contributed by atoms with Crippen LogP contribution in [-0.2, 0) is 0 Å². The first-order valence-corrected chi connectivity index (χ1v) is 6.43. The molecule has 1 atom stereocenters. The lowest BCUT2D eigenvalue weighted by Gasteiger charge is -2.31. The Kier molecular flexibility index (Phi) is 4.88. The van der Waals surface area contributed by atoms with Gasteiger partial charge in [-0.05, 0) is 6.42 Å². The quantitative estimate of drug-likeness (QED) is 0.693. The predicted molar refractivity (Wildman–Crippen MR) is 56.8 cm³/mol. The zero-order chi connectivity index (χ0) is 8.10. The second kappa shape index (κ2) is 5.44. The first-order chi connectivity index (χ1) is 5.36. The minimum atomic E-state index is 0.891. The average Bonchev–Trinajstić information content (AvgIpc) is 2.06. The van der Waals surface area contributed by atoms with Gasteiger partial charge in [-0.15, -0.1) is 0 Å². The molecule has 0 radical (unpaired) electrons. The van der Waals surface area contributed by atoms with Gasteiger partial charge < -0.3 is 4.90 Å². The van der Waals surface area contributed by atoms with Gasteiger partial charge >= 0.3 is 0 Å². The Morgan fingerprint density at radius 1 is 1.64 bits per heavy atom. The summed E-state index contributed by atoms with van der Waals surface area (Å²) in [5.74, 6) is 1.32. The van der Waals surface area contributed by atoms with Crippen molar-refractivity contribution >= 4 is 27.7 Å². The van der Waals surface area contributed by atoms with Gasteiger partial charge in [0, 0.05) is 36.0 Å². The highest BCUT2D eigenvalue weighted by molar-refractivity contribution is 9.09. The minimum absolute atomic E-state index is 0.891. The van der Waals surface area contributed by atoms with E-state index in [0.29, 0.717) is 0 Å². The van der Waals surface area contributed by atoms with Gasteiger partial charge in [-0.25, -0.2) is 0 Å². The molecule has 0 N–H and O–H groups in total. The Morgan fingerprint density at radius 2 is 2.45 bits per heavy atom. The Morgan fingerprint density at radius 3 is 3.09 bits per heavy atom. The van der Waals surface area contributed by atoms with E-state index in [2.05, 4.69) is 39.5 Å². The van der Waals surface area contributed by atoms with Crippen molar-refractivity contribution in [1.82, 2.24) is 4.90 Å². The summed E-state index contributed by atoms with van der Waals surface area (Å²) in [6, 6.07) is 0. The molecule has 0 saturated carbocycles. The number of hydrogen-bond donors (Lipinski definition) is 0. The number of thioether (sulfide) groups is 1. The summed E-state index contributed by atoms with van der Waals surface area (Å²) in [6.07, 6.45) is 1.32. The molecule has 1 saturated heterocycles. The average molecular weight is 238 g/mol. The van der Waals surface area contributed by atoms with E-state index < -0.39 is 0 Å². The second-order valence-electron chi connectivity index (χ2n) is 2.89. The number of rotatable bonds is 3. The highest BCUT2D eigenvalue weighted by atomic mass is 79.9. The monoisotopic (exact) mass is 237 g/mol.